The first-order valence-electron chi connectivity index (χ1n) is 3.86. The lowest BCUT2D eigenvalue weighted by Gasteiger charge is -2.02. The van der Waals surface area contributed by atoms with E-state index in [1.807, 2.05) is 4.72 Å². The number of rotatable bonds is 3. The standard InChI is InChI=1S/C7H9N3O3S/c1-2-14(12,13)10-7(11)6-3-4-8-9-5-6/h3-5H,2H2,1H3,(H,10,11). The van der Waals surface area contributed by atoms with Gasteiger partial charge in [0, 0.05) is 0 Å². The van der Waals surface area contributed by atoms with Gasteiger partial charge in [0.2, 0.25) is 10.0 Å². The zero-order chi connectivity index (χ0) is 10.6. The first-order chi connectivity index (χ1) is 6.55. The molecule has 1 heterocycles. The average molecular weight is 215 g/mol. The molecule has 6 nitrogen and oxygen atoms in total. The van der Waals surface area contributed by atoms with Crippen LogP contribution in [0.2, 0.25) is 0 Å². The second kappa shape index (κ2) is 4.14. The van der Waals surface area contributed by atoms with E-state index in [0.29, 0.717) is 0 Å². The summed E-state index contributed by atoms with van der Waals surface area (Å²) in [4.78, 5) is 11.3. The molecule has 0 aliphatic carbocycles. The largest absolute Gasteiger partial charge is 0.268 e. The van der Waals surface area contributed by atoms with Crippen LogP contribution in [0, 0.1) is 0 Å². The summed E-state index contributed by atoms with van der Waals surface area (Å²) in [6, 6.07) is 1.38. The van der Waals surface area contributed by atoms with Gasteiger partial charge in [0.15, 0.2) is 0 Å². The van der Waals surface area contributed by atoms with E-state index in [1.165, 1.54) is 25.4 Å². The van der Waals surface area contributed by atoms with Gasteiger partial charge >= 0.3 is 0 Å². The van der Waals surface area contributed by atoms with Crippen LogP contribution in [0.3, 0.4) is 0 Å². The topological polar surface area (TPSA) is 89.0 Å². The number of amides is 1. The molecule has 0 aliphatic rings. The number of hydrogen-bond donors (Lipinski definition) is 1. The van der Waals surface area contributed by atoms with Crippen LogP contribution in [0.4, 0.5) is 0 Å². The van der Waals surface area contributed by atoms with Crippen LogP contribution in [-0.2, 0) is 10.0 Å². The molecule has 0 radical (unpaired) electrons. The molecule has 1 amide bonds. The van der Waals surface area contributed by atoms with Gasteiger partial charge in [0.05, 0.1) is 23.7 Å². The highest BCUT2D eigenvalue weighted by Gasteiger charge is 2.13. The van der Waals surface area contributed by atoms with Crippen molar-refractivity contribution in [3.8, 4) is 0 Å². The molecule has 0 unspecified atom stereocenters. The highest BCUT2D eigenvalue weighted by atomic mass is 32.2. The number of carbonyl (C=O) groups excluding carboxylic acids is 1. The van der Waals surface area contributed by atoms with Crippen molar-refractivity contribution in [2.24, 2.45) is 0 Å². The number of aromatic nitrogens is 2. The van der Waals surface area contributed by atoms with Crippen molar-refractivity contribution in [3.63, 3.8) is 0 Å². The quantitative estimate of drug-likeness (QED) is 0.738. The number of sulfonamides is 1. The predicted molar refractivity (Wildman–Crippen MR) is 49.0 cm³/mol. The third-order valence-electron chi connectivity index (χ3n) is 1.47. The highest BCUT2D eigenvalue weighted by molar-refractivity contribution is 7.90. The van der Waals surface area contributed by atoms with Gasteiger partial charge in [-0.25, -0.2) is 13.1 Å². The third kappa shape index (κ3) is 2.77. The van der Waals surface area contributed by atoms with Crippen LogP contribution < -0.4 is 4.72 Å². The SMILES string of the molecule is CCS(=O)(=O)NC(=O)c1ccnnc1. The van der Waals surface area contributed by atoms with Gasteiger partial charge in [-0.2, -0.15) is 10.2 Å². The Hall–Kier alpha value is -1.50. The molecule has 1 aromatic rings. The second-order valence-corrected chi connectivity index (χ2v) is 4.48. The number of carbonyl (C=O) groups is 1. The van der Waals surface area contributed by atoms with Crippen molar-refractivity contribution < 1.29 is 13.2 Å². The Morgan fingerprint density at radius 1 is 1.50 bits per heavy atom. The lowest BCUT2D eigenvalue weighted by Crippen LogP contribution is -2.31. The summed E-state index contributed by atoms with van der Waals surface area (Å²) in [5.41, 5.74) is 0.164. The minimum Gasteiger partial charge on any atom is -0.268 e. The van der Waals surface area contributed by atoms with Crippen molar-refractivity contribution in [3.05, 3.63) is 24.0 Å². The van der Waals surface area contributed by atoms with Crippen molar-refractivity contribution in [2.75, 3.05) is 5.75 Å². The molecule has 0 spiro atoms. The summed E-state index contributed by atoms with van der Waals surface area (Å²) in [5.74, 6) is -0.834. The maximum absolute atomic E-state index is 11.3. The summed E-state index contributed by atoms with van der Waals surface area (Å²) >= 11 is 0. The predicted octanol–water partition coefficient (Wildman–Crippen LogP) is -0.444. The van der Waals surface area contributed by atoms with Crippen molar-refractivity contribution in [1.82, 2.24) is 14.9 Å². The van der Waals surface area contributed by atoms with Gasteiger partial charge in [0.1, 0.15) is 0 Å². The van der Waals surface area contributed by atoms with Crippen LogP contribution in [0.25, 0.3) is 0 Å². The molecule has 0 atom stereocenters. The average Bonchev–Trinajstić information content (AvgIpc) is 2.19. The monoisotopic (exact) mass is 215 g/mol. The maximum atomic E-state index is 11.3. The number of hydrogen-bond acceptors (Lipinski definition) is 5. The smallest absolute Gasteiger partial charge is 0.266 e. The Bertz CT molecular complexity index is 415. The third-order valence-corrected chi connectivity index (χ3v) is 2.73. The Morgan fingerprint density at radius 3 is 2.71 bits per heavy atom. The van der Waals surface area contributed by atoms with Crippen molar-refractivity contribution in [2.45, 2.75) is 6.92 Å². The maximum Gasteiger partial charge on any atom is 0.266 e. The fourth-order valence-electron chi connectivity index (χ4n) is 0.697. The molecule has 7 heteroatoms. The van der Waals surface area contributed by atoms with Gasteiger partial charge in [-0.15, -0.1) is 0 Å². The molecule has 1 N–H and O–H groups in total. The molecule has 0 fully saturated rings. The lowest BCUT2D eigenvalue weighted by atomic mass is 10.3. The molecule has 0 saturated carbocycles. The van der Waals surface area contributed by atoms with Gasteiger partial charge in [-0.05, 0) is 13.0 Å². The van der Waals surface area contributed by atoms with E-state index in [9.17, 15) is 13.2 Å². The van der Waals surface area contributed by atoms with E-state index in [-0.39, 0.29) is 11.3 Å². The molecule has 0 aromatic carbocycles. The molecule has 1 rings (SSSR count). The number of nitrogens with zero attached hydrogens (tertiary/aromatic N) is 2. The molecule has 0 aliphatic heterocycles. The van der Waals surface area contributed by atoms with E-state index < -0.39 is 15.9 Å². The lowest BCUT2D eigenvalue weighted by molar-refractivity contribution is 0.0981. The summed E-state index contributed by atoms with van der Waals surface area (Å²) in [5, 5.41) is 6.92. The molecule has 14 heavy (non-hydrogen) atoms. The van der Waals surface area contributed by atoms with E-state index in [2.05, 4.69) is 10.2 Å². The Balaban J connectivity index is 2.79. The first-order valence-corrected chi connectivity index (χ1v) is 5.52. The normalized spacial score (nSPS) is 10.9. The molecule has 1 aromatic heterocycles. The van der Waals surface area contributed by atoms with Crippen LogP contribution in [-0.4, -0.2) is 30.3 Å². The van der Waals surface area contributed by atoms with Crippen LogP contribution >= 0.6 is 0 Å². The second-order valence-electron chi connectivity index (χ2n) is 2.47. The van der Waals surface area contributed by atoms with Gasteiger partial charge in [-0.3, -0.25) is 4.79 Å². The minimum absolute atomic E-state index is 0.142. The molecular formula is C7H9N3O3S. The molecule has 76 valence electrons. The minimum atomic E-state index is -3.51. The van der Waals surface area contributed by atoms with E-state index in [4.69, 9.17) is 0 Å². The van der Waals surface area contributed by atoms with Crippen molar-refractivity contribution in [1.29, 1.82) is 0 Å². The fraction of sp³-hybridized carbons (Fsp3) is 0.286. The van der Waals surface area contributed by atoms with Gasteiger partial charge < -0.3 is 0 Å². The van der Waals surface area contributed by atoms with E-state index in [0.717, 1.165) is 0 Å². The Kier molecular flexibility index (Phi) is 3.13. The van der Waals surface area contributed by atoms with Crippen LogP contribution in [0.15, 0.2) is 18.5 Å². The number of nitrogens with one attached hydrogen (secondary N) is 1. The highest BCUT2D eigenvalue weighted by Crippen LogP contribution is 1.95. The van der Waals surface area contributed by atoms with Crippen LogP contribution in [0.1, 0.15) is 17.3 Å². The summed E-state index contributed by atoms with van der Waals surface area (Å²) in [6.07, 6.45) is 2.51. The molecule has 0 saturated heterocycles. The molecule has 0 bridgehead atoms. The van der Waals surface area contributed by atoms with Crippen LogP contribution in [0.5, 0.6) is 0 Å². The summed E-state index contributed by atoms with van der Waals surface area (Å²) in [7, 11) is -3.51. The Morgan fingerprint density at radius 2 is 2.21 bits per heavy atom. The Labute approximate surface area is 81.4 Å². The van der Waals surface area contributed by atoms with Crippen molar-refractivity contribution >= 4 is 15.9 Å². The zero-order valence-corrected chi connectivity index (χ0v) is 8.28. The summed E-state index contributed by atoms with van der Waals surface area (Å²) < 4.78 is 23.9. The zero-order valence-electron chi connectivity index (χ0n) is 7.47. The van der Waals surface area contributed by atoms with Gasteiger partial charge in [-0.1, -0.05) is 0 Å². The molecular weight excluding hydrogens is 206 g/mol. The fourth-order valence-corrected chi connectivity index (χ4v) is 1.24. The van der Waals surface area contributed by atoms with Gasteiger partial charge in [0.25, 0.3) is 5.91 Å². The van der Waals surface area contributed by atoms with E-state index in [1.54, 1.807) is 0 Å². The van der Waals surface area contributed by atoms with E-state index >= 15 is 0 Å². The first kappa shape index (κ1) is 10.6. The summed E-state index contributed by atoms with van der Waals surface area (Å²) in [6.45, 7) is 1.44.